The smallest absolute Gasteiger partial charge is 0.162 e. The van der Waals surface area contributed by atoms with Crippen molar-refractivity contribution < 1.29 is 4.74 Å². The van der Waals surface area contributed by atoms with Gasteiger partial charge in [-0.3, -0.25) is 0 Å². The summed E-state index contributed by atoms with van der Waals surface area (Å²) in [5.41, 5.74) is 8.50. The van der Waals surface area contributed by atoms with E-state index in [4.69, 9.17) is 14.8 Å². The first kappa shape index (κ1) is 24.9. The molecule has 0 fully saturated rings. The van der Waals surface area contributed by atoms with E-state index in [0.29, 0.717) is 5.82 Å². The van der Waals surface area contributed by atoms with E-state index in [1.165, 1.54) is 5.56 Å². The van der Waals surface area contributed by atoms with Crippen molar-refractivity contribution in [3.05, 3.63) is 121 Å². The van der Waals surface area contributed by atoms with Gasteiger partial charge < -0.3 is 10.1 Å². The van der Waals surface area contributed by atoms with Gasteiger partial charge in [0.25, 0.3) is 0 Å². The maximum Gasteiger partial charge on any atom is 0.162 e. The topological polar surface area (TPSA) is 77.2 Å². The number of nitrogens with one attached hydrogen (secondary N) is 1. The van der Waals surface area contributed by atoms with E-state index in [1.54, 1.807) is 7.11 Å². The monoisotopic (exact) mass is 558 g/mol. The van der Waals surface area contributed by atoms with Crippen LogP contribution in [0.2, 0.25) is 0 Å². The van der Waals surface area contributed by atoms with Crippen LogP contribution in [-0.4, -0.2) is 31.9 Å². The van der Waals surface area contributed by atoms with Gasteiger partial charge >= 0.3 is 0 Å². The molecule has 8 rings (SSSR count). The van der Waals surface area contributed by atoms with Gasteiger partial charge in [-0.25, -0.2) is 9.50 Å². The van der Waals surface area contributed by atoms with Gasteiger partial charge in [-0.1, -0.05) is 78.4 Å². The largest absolute Gasteiger partial charge is 0.497 e. The van der Waals surface area contributed by atoms with Crippen LogP contribution in [0.25, 0.3) is 60.7 Å². The zero-order valence-electron chi connectivity index (χ0n) is 23.6. The van der Waals surface area contributed by atoms with Crippen LogP contribution in [-0.2, 0) is 0 Å². The normalized spacial score (nSPS) is 11.5. The molecule has 7 heteroatoms. The van der Waals surface area contributed by atoms with Gasteiger partial charge in [0.15, 0.2) is 11.5 Å². The zero-order valence-corrected chi connectivity index (χ0v) is 23.6. The fourth-order valence-electron chi connectivity index (χ4n) is 5.68. The van der Waals surface area contributed by atoms with Crippen LogP contribution >= 0.6 is 0 Å². The number of aromatic nitrogens is 5. The third-order valence-electron chi connectivity index (χ3n) is 7.89. The lowest BCUT2D eigenvalue weighted by Gasteiger charge is -2.11. The quantitative estimate of drug-likeness (QED) is 0.229. The summed E-state index contributed by atoms with van der Waals surface area (Å²) in [5, 5.41) is 22.0. The molecule has 0 aliphatic rings. The molecular formula is C36H26N6O. The number of aryl methyl sites for hydroxylation is 1. The van der Waals surface area contributed by atoms with E-state index < -0.39 is 0 Å². The van der Waals surface area contributed by atoms with Crippen LogP contribution in [0.15, 0.2) is 115 Å². The molecule has 0 bridgehead atoms. The molecule has 0 unspecified atom stereocenters. The van der Waals surface area contributed by atoms with Crippen molar-refractivity contribution in [3.8, 4) is 28.3 Å². The predicted octanol–water partition coefficient (Wildman–Crippen LogP) is 8.37. The van der Waals surface area contributed by atoms with E-state index in [0.717, 1.165) is 72.2 Å². The molecule has 0 radical (unpaired) electrons. The first-order valence-electron chi connectivity index (χ1n) is 14.1. The van der Waals surface area contributed by atoms with E-state index in [2.05, 4.69) is 77.0 Å². The molecule has 0 saturated carbocycles. The first-order chi connectivity index (χ1) is 21.2. The zero-order chi connectivity index (χ0) is 28.9. The third kappa shape index (κ3) is 4.21. The minimum absolute atomic E-state index is 0.682. The standard InChI is InChI=1S/C36H26N6O/c1-22-11-13-24(14-12-22)34-28-8-4-6-10-30(28)36-38-31-21-25(17-20-32(31)42(36)41-34)37-35-29-9-5-3-7-27(29)33(39-40-35)23-15-18-26(43-2)19-16-23/h3-21H,1-2H3,(H,37,40). The van der Waals surface area contributed by atoms with Crippen molar-refractivity contribution in [1.82, 2.24) is 24.8 Å². The molecule has 7 nitrogen and oxygen atoms in total. The maximum atomic E-state index is 5.32. The molecule has 0 spiro atoms. The highest BCUT2D eigenvalue weighted by Gasteiger charge is 2.16. The van der Waals surface area contributed by atoms with E-state index in [9.17, 15) is 0 Å². The molecular weight excluding hydrogens is 532 g/mol. The number of rotatable bonds is 5. The van der Waals surface area contributed by atoms with Crippen molar-refractivity contribution in [2.45, 2.75) is 6.92 Å². The molecule has 0 aliphatic carbocycles. The van der Waals surface area contributed by atoms with Crippen LogP contribution in [0.3, 0.4) is 0 Å². The van der Waals surface area contributed by atoms with Gasteiger partial charge in [-0.05, 0) is 49.4 Å². The van der Waals surface area contributed by atoms with Crippen LogP contribution in [0.4, 0.5) is 11.5 Å². The molecule has 0 saturated heterocycles. The maximum absolute atomic E-state index is 5.32. The summed E-state index contributed by atoms with van der Waals surface area (Å²) in [5.74, 6) is 1.48. The van der Waals surface area contributed by atoms with E-state index in [-0.39, 0.29) is 0 Å². The summed E-state index contributed by atoms with van der Waals surface area (Å²) in [6.45, 7) is 2.09. The van der Waals surface area contributed by atoms with E-state index >= 15 is 0 Å². The number of hydrogen-bond donors (Lipinski definition) is 1. The Hall–Kier alpha value is -5.82. The molecule has 0 aliphatic heterocycles. The van der Waals surface area contributed by atoms with Crippen LogP contribution in [0.1, 0.15) is 5.56 Å². The first-order valence-corrected chi connectivity index (χ1v) is 14.1. The summed E-state index contributed by atoms with van der Waals surface area (Å²) >= 11 is 0. The van der Waals surface area contributed by atoms with Crippen molar-refractivity contribution >= 4 is 49.7 Å². The van der Waals surface area contributed by atoms with Crippen molar-refractivity contribution in [2.24, 2.45) is 0 Å². The van der Waals surface area contributed by atoms with Crippen molar-refractivity contribution in [1.29, 1.82) is 0 Å². The number of nitrogens with zero attached hydrogens (tertiary/aromatic N) is 5. The summed E-state index contributed by atoms with van der Waals surface area (Å²) in [4.78, 5) is 5.04. The van der Waals surface area contributed by atoms with Crippen LogP contribution in [0.5, 0.6) is 5.75 Å². The fraction of sp³-hybridized carbons (Fsp3) is 0.0556. The Morgan fingerprint density at radius 3 is 2.05 bits per heavy atom. The highest BCUT2D eigenvalue weighted by molar-refractivity contribution is 6.04. The van der Waals surface area contributed by atoms with Gasteiger partial charge in [0.1, 0.15) is 11.4 Å². The molecule has 0 atom stereocenters. The number of anilines is 2. The van der Waals surface area contributed by atoms with Gasteiger partial charge in [0.2, 0.25) is 0 Å². The second kappa shape index (κ2) is 9.92. The summed E-state index contributed by atoms with van der Waals surface area (Å²) in [7, 11) is 1.66. The van der Waals surface area contributed by atoms with Crippen molar-refractivity contribution in [3.63, 3.8) is 0 Å². The molecule has 206 valence electrons. The molecule has 8 aromatic rings. The highest BCUT2D eigenvalue weighted by atomic mass is 16.5. The molecule has 3 aromatic heterocycles. The minimum atomic E-state index is 0.682. The second-order valence-electron chi connectivity index (χ2n) is 10.6. The number of fused-ring (bicyclic) bond motifs is 6. The lowest BCUT2D eigenvalue weighted by Crippen LogP contribution is -1.99. The number of imidazole rings is 1. The Labute approximate surface area is 247 Å². The lowest BCUT2D eigenvalue weighted by atomic mass is 10.0. The molecule has 1 N–H and O–H groups in total. The Balaban J connectivity index is 1.22. The Morgan fingerprint density at radius 2 is 1.30 bits per heavy atom. The van der Waals surface area contributed by atoms with Crippen molar-refractivity contribution in [2.75, 3.05) is 12.4 Å². The van der Waals surface area contributed by atoms with Crippen LogP contribution in [0, 0.1) is 6.92 Å². The SMILES string of the molecule is COc1ccc(-c2nnc(Nc3ccc4c(c3)nc3c5ccccc5c(-c5ccc(C)cc5)nn43)c3ccccc23)cc1. The number of hydrogen-bond acceptors (Lipinski definition) is 6. The number of methoxy groups -OCH3 is 1. The minimum Gasteiger partial charge on any atom is -0.497 e. The van der Waals surface area contributed by atoms with E-state index in [1.807, 2.05) is 65.2 Å². The lowest BCUT2D eigenvalue weighted by molar-refractivity contribution is 0.415. The summed E-state index contributed by atoms with van der Waals surface area (Å²) < 4.78 is 7.28. The average Bonchev–Trinajstić information content (AvgIpc) is 3.43. The van der Waals surface area contributed by atoms with Gasteiger partial charge in [0.05, 0.1) is 23.8 Å². The fourth-order valence-corrected chi connectivity index (χ4v) is 5.68. The highest BCUT2D eigenvalue weighted by Crippen LogP contribution is 2.34. The Kier molecular flexibility index (Phi) is 5.75. The van der Waals surface area contributed by atoms with Crippen LogP contribution < -0.4 is 10.1 Å². The molecule has 43 heavy (non-hydrogen) atoms. The van der Waals surface area contributed by atoms with Gasteiger partial charge in [0, 0.05) is 38.4 Å². The Bertz CT molecular complexity index is 2310. The third-order valence-corrected chi connectivity index (χ3v) is 7.89. The second-order valence-corrected chi connectivity index (χ2v) is 10.6. The average molecular weight is 559 g/mol. The molecule has 3 heterocycles. The summed E-state index contributed by atoms with van der Waals surface area (Å²) in [6.07, 6.45) is 0. The van der Waals surface area contributed by atoms with Gasteiger partial charge in [-0.15, -0.1) is 10.2 Å². The molecule has 0 amide bonds. The van der Waals surface area contributed by atoms with Gasteiger partial charge in [-0.2, -0.15) is 5.10 Å². The Morgan fingerprint density at radius 1 is 0.651 bits per heavy atom. The number of benzene rings is 5. The predicted molar refractivity (Wildman–Crippen MR) is 173 cm³/mol. The number of ether oxygens (including phenoxy) is 1. The molecule has 5 aromatic carbocycles. The summed E-state index contributed by atoms with van der Waals surface area (Å²) in [6, 6.07) is 39.0.